The second-order valence-electron chi connectivity index (χ2n) is 4.30. The molecule has 1 aliphatic rings. The summed E-state index contributed by atoms with van der Waals surface area (Å²) in [5.74, 6) is -0.280. The van der Waals surface area contributed by atoms with Crippen molar-refractivity contribution in [2.75, 3.05) is 0 Å². The van der Waals surface area contributed by atoms with Gasteiger partial charge in [0.25, 0.3) is 5.91 Å². The molecule has 0 spiro atoms. The molecule has 1 atom stereocenters. The maximum absolute atomic E-state index is 11.7. The number of benzene rings is 1. The van der Waals surface area contributed by atoms with Crippen molar-refractivity contribution in [2.45, 2.75) is 51.7 Å². The zero-order valence-electron chi connectivity index (χ0n) is 11.2. The fourth-order valence-corrected chi connectivity index (χ4v) is 2.14. The lowest BCUT2D eigenvalue weighted by Gasteiger charge is -2.15. The molecule has 1 aromatic rings. The van der Waals surface area contributed by atoms with Gasteiger partial charge in [0, 0.05) is 6.04 Å². The number of nitrogens with one attached hydrogen (secondary N) is 1. The Labute approximate surface area is 109 Å². The SMILES string of the molecule is CC.O=C(NC1CCCC1)[C@H](O)c1ccccc1. The van der Waals surface area contributed by atoms with E-state index in [-0.39, 0.29) is 11.9 Å². The first-order valence-electron chi connectivity index (χ1n) is 6.81. The van der Waals surface area contributed by atoms with Gasteiger partial charge in [0.15, 0.2) is 6.10 Å². The molecule has 1 fully saturated rings. The van der Waals surface area contributed by atoms with Gasteiger partial charge in [-0.25, -0.2) is 0 Å². The van der Waals surface area contributed by atoms with Gasteiger partial charge in [-0.2, -0.15) is 0 Å². The van der Waals surface area contributed by atoms with Gasteiger partial charge in [0.1, 0.15) is 0 Å². The smallest absolute Gasteiger partial charge is 0.253 e. The van der Waals surface area contributed by atoms with Crippen molar-refractivity contribution >= 4 is 5.91 Å². The van der Waals surface area contributed by atoms with Crippen molar-refractivity contribution in [3.63, 3.8) is 0 Å². The summed E-state index contributed by atoms with van der Waals surface area (Å²) in [4.78, 5) is 11.7. The Balaban J connectivity index is 0.000000771. The van der Waals surface area contributed by atoms with Crippen molar-refractivity contribution in [1.29, 1.82) is 0 Å². The van der Waals surface area contributed by atoms with Crippen LogP contribution in [0.2, 0.25) is 0 Å². The average Bonchev–Trinajstić information content (AvgIpc) is 2.94. The molecule has 0 radical (unpaired) electrons. The molecule has 18 heavy (non-hydrogen) atoms. The van der Waals surface area contributed by atoms with Gasteiger partial charge in [0.2, 0.25) is 0 Å². The van der Waals surface area contributed by atoms with Gasteiger partial charge in [-0.1, -0.05) is 57.0 Å². The van der Waals surface area contributed by atoms with Gasteiger partial charge in [-0.15, -0.1) is 0 Å². The second-order valence-corrected chi connectivity index (χ2v) is 4.30. The van der Waals surface area contributed by atoms with Crippen LogP contribution in [0.4, 0.5) is 0 Å². The summed E-state index contributed by atoms with van der Waals surface area (Å²) in [6, 6.07) is 9.29. The molecule has 1 aliphatic carbocycles. The predicted molar refractivity (Wildman–Crippen MR) is 73.1 cm³/mol. The minimum absolute atomic E-state index is 0.255. The first-order chi connectivity index (χ1) is 8.77. The lowest BCUT2D eigenvalue weighted by atomic mass is 10.1. The summed E-state index contributed by atoms with van der Waals surface area (Å²) < 4.78 is 0. The first-order valence-corrected chi connectivity index (χ1v) is 6.81. The lowest BCUT2D eigenvalue weighted by molar-refractivity contribution is -0.130. The van der Waals surface area contributed by atoms with Crippen LogP contribution in [-0.4, -0.2) is 17.1 Å². The van der Waals surface area contributed by atoms with Crippen LogP contribution in [-0.2, 0) is 4.79 Å². The minimum Gasteiger partial charge on any atom is -0.378 e. The molecule has 0 aromatic heterocycles. The van der Waals surface area contributed by atoms with E-state index in [1.165, 1.54) is 12.8 Å². The largest absolute Gasteiger partial charge is 0.378 e. The number of hydrogen-bond acceptors (Lipinski definition) is 2. The summed E-state index contributed by atoms with van der Waals surface area (Å²) in [6.45, 7) is 4.00. The van der Waals surface area contributed by atoms with Crippen molar-refractivity contribution in [2.24, 2.45) is 0 Å². The first kappa shape index (κ1) is 14.7. The fraction of sp³-hybridized carbons (Fsp3) is 0.533. The third-order valence-corrected chi connectivity index (χ3v) is 3.07. The molecule has 1 saturated carbocycles. The van der Waals surface area contributed by atoms with Crippen molar-refractivity contribution in [3.8, 4) is 0 Å². The predicted octanol–water partition coefficient (Wildman–Crippen LogP) is 2.81. The van der Waals surface area contributed by atoms with E-state index >= 15 is 0 Å². The van der Waals surface area contributed by atoms with Crippen LogP contribution in [0.25, 0.3) is 0 Å². The zero-order chi connectivity index (χ0) is 13.4. The zero-order valence-corrected chi connectivity index (χ0v) is 11.2. The van der Waals surface area contributed by atoms with E-state index in [0.29, 0.717) is 5.56 Å². The highest BCUT2D eigenvalue weighted by atomic mass is 16.3. The molecule has 0 bridgehead atoms. The number of carbonyl (C=O) groups is 1. The van der Waals surface area contributed by atoms with Crippen molar-refractivity contribution in [3.05, 3.63) is 35.9 Å². The van der Waals surface area contributed by atoms with Crippen LogP contribution in [0.15, 0.2) is 30.3 Å². The molecule has 0 aliphatic heterocycles. The summed E-state index contributed by atoms with van der Waals surface area (Å²) >= 11 is 0. The third kappa shape index (κ3) is 4.15. The van der Waals surface area contributed by atoms with E-state index < -0.39 is 6.10 Å². The van der Waals surface area contributed by atoms with E-state index in [1.54, 1.807) is 12.1 Å². The number of rotatable bonds is 3. The molecule has 1 aromatic carbocycles. The molecular weight excluding hydrogens is 226 g/mol. The molecule has 3 heteroatoms. The Kier molecular flexibility index (Phi) is 6.44. The molecule has 0 saturated heterocycles. The average molecular weight is 249 g/mol. The van der Waals surface area contributed by atoms with Gasteiger partial charge in [0.05, 0.1) is 0 Å². The van der Waals surface area contributed by atoms with Gasteiger partial charge in [-0.3, -0.25) is 4.79 Å². The molecule has 0 unspecified atom stereocenters. The summed E-state index contributed by atoms with van der Waals surface area (Å²) in [7, 11) is 0. The fourth-order valence-electron chi connectivity index (χ4n) is 2.14. The van der Waals surface area contributed by atoms with E-state index in [1.807, 2.05) is 32.0 Å². The summed E-state index contributed by atoms with van der Waals surface area (Å²) in [5.41, 5.74) is 0.651. The van der Waals surface area contributed by atoms with Crippen molar-refractivity contribution in [1.82, 2.24) is 5.32 Å². The quantitative estimate of drug-likeness (QED) is 0.865. The molecule has 100 valence electrons. The van der Waals surface area contributed by atoms with Crippen LogP contribution in [0.5, 0.6) is 0 Å². The Morgan fingerprint density at radius 3 is 2.33 bits per heavy atom. The minimum atomic E-state index is -1.04. The van der Waals surface area contributed by atoms with E-state index in [9.17, 15) is 9.90 Å². The maximum atomic E-state index is 11.7. The number of carbonyl (C=O) groups excluding carboxylic acids is 1. The number of aliphatic hydroxyl groups is 1. The van der Waals surface area contributed by atoms with Crippen LogP contribution in [0, 0.1) is 0 Å². The Morgan fingerprint density at radius 2 is 1.78 bits per heavy atom. The molecule has 0 heterocycles. The molecule has 2 N–H and O–H groups in total. The highest BCUT2D eigenvalue weighted by Crippen LogP contribution is 2.19. The van der Waals surface area contributed by atoms with E-state index in [0.717, 1.165) is 12.8 Å². The molecule has 3 nitrogen and oxygen atoms in total. The summed E-state index contributed by atoms with van der Waals surface area (Å²) in [5, 5.41) is 12.7. The molecular formula is C15H23NO2. The van der Waals surface area contributed by atoms with Crippen LogP contribution < -0.4 is 5.32 Å². The normalized spacial score (nSPS) is 16.6. The second kappa shape index (κ2) is 7.88. The van der Waals surface area contributed by atoms with E-state index in [2.05, 4.69) is 5.32 Å². The highest BCUT2D eigenvalue weighted by molar-refractivity contribution is 5.82. The van der Waals surface area contributed by atoms with Crippen LogP contribution >= 0.6 is 0 Å². The Hall–Kier alpha value is -1.35. The van der Waals surface area contributed by atoms with Gasteiger partial charge in [-0.05, 0) is 18.4 Å². The Bertz CT molecular complexity index is 345. The molecule has 2 rings (SSSR count). The van der Waals surface area contributed by atoms with Crippen LogP contribution in [0.1, 0.15) is 51.2 Å². The number of hydrogen-bond donors (Lipinski definition) is 2. The monoisotopic (exact) mass is 249 g/mol. The number of amides is 1. The third-order valence-electron chi connectivity index (χ3n) is 3.07. The topological polar surface area (TPSA) is 49.3 Å². The van der Waals surface area contributed by atoms with E-state index in [4.69, 9.17) is 0 Å². The van der Waals surface area contributed by atoms with Gasteiger partial charge < -0.3 is 10.4 Å². The van der Waals surface area contributed by atoms with Crippen molar-refractivity contribution < 1.29 is 9.90 Å². The highest BCUT2D eigenvalue weighted by Gasteiger charge is 2.22. The Morgan fingerprint density at radius 1 is 1.22 bits per heavy atom. The van der Waals surface area contributed by atoms with Gasteiger partial charge >= 0.3 is 0 Å². The molecule has 1 amide bonds. The lowest BCUT2D eigenvalue weighted by Crippen LogP contribution is -2.36. The summed E-state index contributed by atoms with van der Waals surface area (Å²) in [6.07, 6.45) is 3.38. The van der Waals surface area contributed by atoms with Crippen LogP contribution in [0.3, 0.4) is 0 Å². The standard InChI is InChI=1S/C13H17NO2.C2H6/c15-12(10-6-2-1-3-7-10)13(16)14-11-8-4-5-9-11;1-2/h1-3,6-7,11-12,15H,4-5,8-9H2,(H,14,16);1-2H3/t12-;/m1./s1. The maximum Gasteiger partial charge on any atom is 0.253 e. The number of aliphatic hydroxyl groups excluding tert-OH is 1.